The second-order valence-corrected chi connectivity index (χ2v) is 1.50. The van der Waals surface area contributed by atoms with Crippen LogP contribution in [-0.2, 0) is 0 Å². The fourth-order valence-electron chi connectivity index (χ4n) is 0. The Morgan fingerprint density at radius 3 is 1.25 bits per heavy atom. The molecule has 0 aromatic carbocycles. The molecule has 22 valence electrons. The second kappa shape index (κ2) is 2.99. The van der Waals surface area contributed by atoms with E-state index < -0.39 is 0 Å². The Labute approximate surface area is 32.4 Å². The van der Waals surface area contributed by atoms with Gasteiger partial charge in [0.1, 0.15) is 0 Å². The van der Waals surface area contributed by atoms with Crippen LogP contribution >= 0.6 is 0 Å². The number of rotatable bonds is 0. The SMILES string of the molecule is [SiH3]C#C[SiH3]. The van der Waals surface area contributed by atoms with Gasteiger partial charge in [-0.1, -0.05) is 0 Å². The van der Waals surface area contributed by atoms with E-state index >= 15 is 0 Å². The molecule has 0 amide bonds. The van der Waals surface area contributed by atoms with Crippen molar-refractivity contribution in [1.82, 2.24) is 0 Å². The maximum Gasteiger partial charge on any atom is 0.0897 e. The van der Waals surface area contributed by atoms with Gasteiger partial charge < -0.3 is 0 Å². The van der Waals surface area contributed by atoms with Gasteiger partial charge in [0.05, 0.1) is 20.5 Å². The molecule has 0 bridgehead atoms. The highest BCUT2D eigenvalue weighted by Crippen LogP contribution is 1.21. The third-order valence-corrected chi connectivity index (χ3v) is 2.25. The molecule has 0 spiro atoms. The number of hydrogen-bond acceptors (Lipinski definition) is 0. The van der Waals surface area contributed by atoms with Crippen LogP contribution in [0.25, 0.3) is 0 Å². The molecule has 0 radical (unpaired) electrons. The highest BCUT2D eigenvalue weighted by molar-refractivity contribution is 6.30. The van der Waals surface area contributed by atoms with Gasteiger partial charge >= 0.3 is 0 Å². The first-order valence-electron chi connectivity index (χ1n) is 1.25. The van der Waals surface area contributed by atoms with E-state index in [1.165, 1.54) is 0 Å². The monoisotopic (exact) mass is 86.0 g/mol. The van der Waals surface area contributed by atoms with E-state index in [1.54, 1.807) is 0 Å². The van der Waals surface area contributed by atoms with E-state index in [9.17, 15) is 0 Å². The molecular formula is C2H6Si2. The Bertz CT molecular complexity index is 40.8. The zero-order chi connectivity index (χ0) is 3.41. The molecule has 2 heteroatoms. The molecule has 0 nitrogen and oxygen atoms in total. The predicted molar refractivity (Wildman–Crippen MR) is 27.7 cm³/mol. The highest BCUT2D eigenvalue weighted by Gasteiger charge is 1.27. The van der Waals surface area contributed by atoms with E-state index in [2.05, 4.69) is 11.1 Å². The van der Waals surface area contributed by atoms with Gasteiger partial charge in [0, 0.05) is 0 Å². The maximum atomic E-state index is 2.88. The molecule has 0 aliphatic carbocycles. The van der Waals surface area contributed by atoms with Crippen LogP contribution in [0.15, 0.2) is 0 Å². The summed E-state index contributed by atoms with van der Waals surface area (Å²) in [4.78, 5) is 0. The molecule has 0 rings (SSSR count). The molecule has 0 saturated heterocycles. The van der Waals surface area contributed by atoms with E-state index in [-0.39, 0.29) is 0 Å². The van der Waals surface area contributed by atoms with Crippen LogP contribution in [0.3, 0.4) is 0 Å². The van der Waals surface area contributed by atoms with E-state index in [4.69, 9.17) is 0 Å². The van der Waals surface area contributed by atoms with Crippen LogP contribution < -0.4 is 0 Å². The van der Waals surface area contributed by atoms with Crippen LogP contribution in [0, 0.1) is 11.1 Å². The van der Waals surface area contributed by atoms with Crippen LogP contribution in [0.4, 0.5) is 0 Å². The Kier molecular flexibility index (Phi) is 2.99. The van der Waals surface area contributed by atoms with Gasteiger partial charge in [-0.15, -0.1) is 0 Å². The lowest BCUT2D eigenvalue weighted by Gasteiger charge is -1.40. The minimum Gasteiger partial charge on any atom is -0.152 e. The van der Waals surface area contributed by atoms with Crippen molar-refractivity contribution in [2.24, 2.45) is 0 Å². The van der Waals surface area contributed by atoms with Crippen LogP contribution in [-0.4, -0.2) is 20.5 Å². The smallest absolute Gasteiger partial charge is 0.0897 e. The molecule has 0 saturated carbocycles. The van der Waals surface area contributed by atoms with Crippen molar-refractivity contribution < 1.29 is 0 Å². The van der Waals surface area contributed by atoms with E-state index in [0.717, 1.165) is 20.5 Å². The first-order valence-corrected chi connectivity index (χ1v) is 3.25. The van der Waals surface area contributed by atoms with Crippen molar-refractivity contribution in [3.05, 3.63) is 0 Å². The minimum absolute atomic E-state index is 1.06. The zero-order valence-corrected chi connectivity index (χ0v) is 7.00. The van der Waals surface area contributed by atoms with Crippen LogP contribution in [0.2, 0.25) is 0 Å². The fourth-order valence-corrected chi connectivity index (χ4v) is 0. The normalized spacial score (nSPS) is 5.00. The topological polar surface area (TPSA) is 0 Å². The van der Waals surface area contributed by atoms with Crippen molar-refractivity contribution >= 4 is 20.5 Å². The summed E-state index contributed by atoms with van der Waals surface area (Å²) in [6.07, 6.45) is 0. The summed E-state index contributed by atoms with van der Waals surface area (Å²) in [5.41, 5.74) is 5.76. The van der Waals surface area contributed by atoms with Crippen LogP contribution in [0.1, 0.15) is 0 Å². The molecule has 0 fully saturated rings. The summed E-state index contributed by atoms with van der Waals surface area (Å²) < 4.78 is 0. The second-order valence-electron chi connectivity index (χ2n) is 0.500. The van der Waals surface area contributed by atoms with Gasteiger partial charge in [-0.2, -0.15) is 11.1 Å². The molecule has 0 aliphatic heterocycles. The van der Waals surface area contributed by atoms with Crippen molar-refractivity contribution in [3.63, 3.8) is 0 Å². The maximum absolute atomic E-state index is 2.88. The summed E-state index contributed by atoms with van der Waals surface area (Å²) >= 11 is 0. The largest absolute Gasteiger partial charge is 0.152 e. The fraction of sp³-hybridized carbons (Fsp3) is 0. The van der Waals surface area contributed by atoms with Gasteiger partial charge in [0.25, 0.3) is 0 Å². The minimum atomic E-state index is 1.06. The Morgan fingerprint density at radius 2 is 1.25 bits per heavy atom. The summed E-state index contributed by atoms with van der Waals surface area (Å²) in [5, 5.41) is 0. The lowest BCUT2D eigenvalue weighted by molar-refractivity contribution is 2.95. The molecule has 0 N–H and O–H groups in total. The molecule has 0 atom stereocenters. The highest BCUT2D eigenvalue weighted by atomic mass is 28.2. The van der Waals surface area contributed by atoms with Gasteiger partial charge in [0.15, 0.2) is 0 Å². The molecule has 0 unspecified atom stereocenters. The molecule has 4 heavy (non-hydrogen) atoms. The standard InChI is InChI=1S/C2H6Si2/c3-1-2-4/h3-4H3. The average Bonchev–Trinajstić information content (AvgIpc) is 1.37. The Hall–Kier alpha value is -0.00623. The zero-order valence-electron chi connectivity index (χ0n) is 3.00. The summed E-state index contributed by atoms with van der Waals surface area (Å²) in [5.74, 6) is 0. The Morgan fingerprint density at radius 1 is 1.00 bits per heavy atom. The summed E-state index contributed by atoms with van der Waals surface area (Å²) in [6.45, 7) is 0. The van der Waals surface area contributed by atoms with Gasteiger partial charge in [-0.05, 0) is 0 Å². The summed E-state index contributed by atoms with van der Waals surface area (Å²) in [7, 11) is 2.13. The first-order chi connectivity index (χ1) is 1.91. The third kappa shape index (κ3) is 1.99. The number of hydrogen-bond donors (Lipinski definition) is 0. The molecule has 0 aromatic heterocycles. The quantitative estimate of drug-likeness (QED) is 0.228. The summed E-state index contributed by atoms with van der Waals surface area (Å²) in [6, 6.07) is 0. The van der Waals surface area contributed by atoms with Gasteiger partial charge in [-0.25, -0.2) is 0 Å². The van der Waals surface area contributed by atoms with Crippen molar-refractivity contribution in [2.75, 3.05) is 0 Å². The lowest BCUT2D eigenvalue weighted by Crippen LogP contribution is -1.48. The molecule has 0 aliphatic rings. The van der Waals surface area contributed by atoms with E-state index in [0.29, 0.717) is 0 Å². The van der Waals surface area contributed by atoms with E-state index in [1.807, 2.05) is 0 Å². The first kappa shape index (κ1) is 3.99. The molecule has 0 aromatic rings. The molecule has 0 heterocycles. The van der Waals surface area contributed by atoms with Crippen molar-refractivity contribution in [2.45, 2.75) is 0 Å². The third-order valence-electron chi connectivity index (χ3n) is 0.250. The van der Waals surface area contributed by atoms with Crippen LogP contribution in [0.5, 0.6) is 0 Å². The lowest BCUT2D eigenvalue weighted by atomic mass is 11.4. The average molecular weight is 86.2 g/mol. The van der Waals surface area contributed by atoms with Crippen molar-refractivity contribution in [3.8, 4) is 11.1 Å². The Balaban J connectivity index is 2.83. The predicted octanol–water partition coefficient (Wildman–Crippen LogP) is -2.36. The van der Waals surface area contributed by atoms with Gasteiger partial charge in [0.2, 0.25) is 0 Å². The molecular weight excluding hydrogens is 80.2 g/mol. The van der Waals surface area contributed by atoms with Crippen molar-refractivity contribution in [1.29, 1.82) is 0 Å². The van der Waals surface area contributed by atoms with Gasteiger partial charge in [-0.3, -0.25) is 0 Å².